The van der Waals surface area contributed by atoms with Crippen LogP contribution in [-0.4, -0.2) is 29.3 Å². The summed E-state index contributed by atoms with van der Waals surface area (Å²) in [7, 11) is 0. The Bertz CT molecular complexity index is 3240. The quantitative estimate of drug-likeness (QED) is 0.158. The van der Waals surface area contributed by atoms with Crippen LogP contribution in [0.2, 0.25) is 0 Å². The summed E-state index contributed by atoms with van der Waals surface area (Å²) in [4.78, 5) is 38.4. The van der Waals surface area contributed by atoms with Crippen LogP contribution < -0.4 is 5.56 Å². The van der Waals surface area contributed by atoms with E-state index in [1.807, 2.05) is 108 Å². The normalized spacial score (nSPS) is 11.6. The van der Waals surface area contributed by atoms with E-state index in [9.17, 15) is 4.79 Å². The lowest BCUT2D eigenvalue weighted by atomic mass is 9.91. The molecule has 0 aliphatic rings. The van der Waals surface area contributed by atoms with Crippen molar-refractivity contribution in [3.63, 3.8) is 0 Å². The average Bonchev–Trinajstić information content (AvgIpc) is 3.63. The van der Waals surface area contributed by atoms with Gasteiger partial charge >= 0.3 is 0 Å². The number of aromatic nitrogens is 6. The van der Waals surface area contributed by atoms with E-state index >= 15 is 0 Å². The van der Waals surface area contributed by atoms with Gasteiger partial charge in [0.15, 0.2) is 0 Å². The largest absolute Gasteiger partial charge is 0.275 e. The second-order valence-corrected chi connectivity index (χ2v) is 14.1. The summed E-state index contributed by atoms with van der Waals surface area (Å²) in [5.41, 5.74) is 12.3. The average molecular weight is 731 g/mol. The van der Waals surface area contributed by atoms with Crippen LogP contribution in [-0.2, 0) is 0 Å². The Hall–Kier alpha value is -7.90. The monoisotopic (exact) mass is 730 g/mol. The summed E-state index contributed by atoms with van der Waals surface area (Å²) >= 11 is 0. The third kappa shape index (κ3) is 5.44. The molecule has 11 aromatic rings. The molecule has 11 rings (SSSR count). The third-order valence-electron chi connectivity index (χ3n) is 10.7. The zero-order valence-corrected chi connectivity index (χ0v) is 30.4. The third-order valence-corrected chi connectivity index (χ3v) is 10.7. The van der Waals surface area contributed by atoms with Crippen molar-refractivity contribution in [2.24, 2.45) is 0 Å². The van der Waals surface area contributed by atoms with Gasteiger partial charge in [0.05, 0.1) is 45.2 Å². The minimum Gasteiger partial charge on any atom is -0.275 e. The second kappa shape index (κ2) is 13.1. The molecule has 0 bridgehead atoms. The van der Waals surface area contributed by atoms with Crippen molar-refractivity contribution < 1.29 is 0 Å². The number of hydrogen-bond acceptors (Lipinski definition) is 6. The van der Waals surface area contributed by atoms with Crippen molar-refractivity contribution in [3.05, 3.63) is 193 Å². The molecule has 7 heterocycles. The van der Waals surface area contributed by atoms with Gasteiger partial charge in [-0.2, -0.15) is 0 Å². The lowest BCUT2D eigenvalue weighted by Crippen LogP contribution is -2.13. The molecule has 0 unspecified atom stereocenters. The van der Waals surface area contributed by atoms with Crippen LogP contribution in [0.5, 0.6) is 0 Å². The van der Waals surface area contributed by atoms with E-state index < -0.39 is 0 Å². The van der Waals surface area contributed by atoms with Crippen LogP contribution in [0, 0.1) is 0 Å². The van der Waals surface area contributed by atoms with Crippen molar-refractivity contribution in [2.75, 3.05) is 0 Å². The Morgan fingerprint density at radius 3 is 1.47 bits per heavy atom. The molecule has 0 radical (unpaired) electrons. The molecule has 0 aliphatic heterocycles. The minimum atomic E-state index is -0.0538. The van der Waals surface area contributed by atoms with E-state index in [1.165, 1.54) is 0 Å². The lowest BCUT2D eigenvalue weighted by molar-refractivity contribution is 1.21. The molecule has 7 aromatic heterocycles. The molecule has 4 aromatic carbocycles. The van der Waals surface area contributed by atoms with Gasteiger partial charge in [0.2, 0.25) is 0 Å². The molecule has 7 heteroatoms. The molecular weight excluding hydrogens is 701 g/mol. The smallest absolute Gasteiger partial charge is 0.263 e. The van der Waals surface area contributed by atoms with Gasteiger partial charge in [0, 0.05) is 57.5 Å². The van der Waals surface area contributed by atoms with Gasteiger partial charge in [0.1, 0.15) is 0 Å². The van der Waals surface area contributed by atoms with Crippen LogP contribution in [0.15, 0.2) is 187 Å². The standard InChI is InChI=1S/C50H30N6O/c57-50-40-12-2-1-11-38(40)48-36(33-25-34(41-13-3-7-21-51-41)27-35(26-33)42-14-4-8-22-52-42)19-20-39-37-18-17-31(30-47(37)56(50)49(39)48)32-28-45(43-15-5-9-23-53-43)55-46(29-32)44-16-6-10-24-54-44/h1-30H. The molecule has 266 valence electrons. The molecule has 0 saturated heterocycles. The maximum Gasteiger partial charge on any atom is 0.263 e. The first-order valence-corrected chi connectivity index (χ1v) is 18.8. The predicted octanol–water partition coefficient (Wildman–Crippen LogP) is 11.2. The van der Waals surface area contributed by atoms with E-state index in [4.69, 9.17) is 15.0 Å². The Morgan fingerprint density at radius 1 is 0.368 bits per heavy atom. The highest BCUT2D eigenvalue weighted by atomic mass is 16.1. The molecule has 0 fully saturated rings. The van der Waals surface area contributed by atoms with Crippen LogP contribution >= 0.6 is 0 Å². The fourth-order valence-electron chi connectivity index (χ4n) is 8.15. The zero-order chi connectivity index (χ0) is 37.9. The van der Waals surface area contributed by atoms with Crippen LogP contribution in [0.3, 0.4) is 0 Å². The topological polar surface area (TPSA) is 85.9 Å². The van der Waals surface area contributed by atoms with Gasteiger partial charge in [-0.15, -0.1) is 0 Å². The molecule has 0 N–H and O–H groups in total. The number of fused-ring (bicyclic) bond motifs is 5. The van der Waals surface area contributed by atoms with E-state index in [-0.39, 0.29) is 5.56 Å². The van der Waals surface area contributed by atoms with Crippen molar-refractivity contribution in [1.29, 1.82) is 0 Å². The number of nitrogens with zero attached hydrogens (tertiary/aromatic N) is 6. The highest BCUT2D eigenvalue weighted by molar-refractivity contribution is 6.24. The summed E-state index contributed by atoms with van der Waals surface area (Å²) in [6.07, 6.45) is 7.18. The highest BCUT2D eigenvalue weighted by Crippen LogP contribution is 2.43. The fourth-order valence-corrected chi connectivity index (χ4v) is 8.15. The van der Waals surface area contributed by atoms with Gasteiger partial charge in [0.25, 0.3) is 5.56 Å². The predicted molar refractivity (Wildman–Crippen MR) is 229 cm³/mol. The van der Waals surface area contributed by atoms with Gasteiger partial charge in [-0.05, 0) is 119 Å². The van der Waals surface area contributed by atoms with Crippen molar-refractivity contribution in [1.82, 2.24) is 29.3 Å². The number of benzene rings is 4. The Kier molecular flexibility index (Phi) is 7.50. The van der Waals surface area contributed by atoms with Crippen LogP contribution in [0.4, 0.5) is 0 Å². The Morgan fingerprint density at radius 2 is 0.895 bits per heavy atom. The Balaban J connectivity index is 1.18. The number of hydrogen-bond donors (Lipinski definition) is 0. The summed E-state index contributed by atoms with van der Waals surface area (Å²) in [5.74, 6) is 0. The molecule has 0 spiro atoms. The molecule has 0 aliphatic carbocycles. The van der Waals surface area contributed by atoms with Crippen molar-refractivity contribution in [3.8, 4) is 67.5 Å². The summed E-state index contributed by atoms with van der Waals surface area (Å²) in [6, 6.07) is 52.9. The van der Waals surface area contributed by atoms with E-state index in [0.717, 1.165) is 100 Å². The SMILES string of the molecule is O=c1c2ccccc2c2c(-c3cc(-c4ccccn4)cc(-c4ccccn4)c3)ccc3c4ccc(-c5cc(-c6ccccn6)nc(-c6ccccn6)c5)cc4n1c32. The summed E-state index contributed by atoms with van der Waals surface area (Å²) < 4.78 is 1.91. The first-order valence-electron chi connectivity index (χ1n) is 18.8. The maximum atomic E-state index is 14.7. The van der Waals surface area contributed by atoms with E-state index in [1.54, 1.807) is 12.4 Å². The first-order chi connectivity index (χ1) is 28.2. The molecule has 0 saturated carbocycles. The first kappa shape index (κ1) is 32.5. The molecule has 0 amide bonds. The van der Waals surface area contributed by atoms with E-state index in [2.05, 4.69) is 76.7 Å². The van der Waals surface area contributed by atoms with Gasteiger partial charge in [-0.25, -0.2) is 4.98 Å². The summed E-state index contributed by atoms with van der Waals surface area (Å²) in [5, 5.41) is 4.61. The van der Waals surface area contributed by atoms with Gasteiger partial charge in [-0.3, -0.25) is 29.1 Å². The maximum absolute atomic E-state index is 14.7. The molecule has 0 atom stereocenters. The molecule has 57 heavy (non-hydrogen) atoms. The van der Waals surface area contributed by atoms with Crippen molar-refractivity contribution in [2.45, 2.75) is 0 Å². The Labute approximate surface area is 326 Å². The minimum absolute atomic E-state index is 0.0538. The summed E-state index contributed by atoms with van der Waals surface area (Å²) in [6.45, 7) is 0. The lowest BCUT2D eigenvalue weighted by Gasteiger charge is -2.14. The van der Waals surface area contributed by atoms with Gasteiger partial charge < -0.3 is 0 Å². The second-order valence-electron chi connectivity index (χ2n) is 14.1. The molecule has 7 nitrogen and oxygen atoms in total. The molecular formula is C50H30N6O. The number of rotatable bonds is 6. The van der Waals surface area contributed by atoms with Crippen molar-refractivity contribution >= 4 is 38.0 Å². The van der Waals surface area contributed by atoms with Crippen LogP contribution in [0.25, 0.3) is 106 Å². The van der Waals surface area contributed by atoms with Gasteiger partial charge in [-0.1, -0.05) is 66.7 Å². The fraction of sp³-hybridized carbons (Fsp3) is 0. The van der Waals surface area contributed by atoms with E-state index in [0.29, 0.717) is 5.39 Å². The number of pyridine rings is 6. The highest BCUT2D eigenvalue weighted by Gasteiger charge is 2.22. The van der Waals surface area contributed by atoms with Crippen LogP contribution in [0.1, 0.15) is 0 Å². The zero-order valence-electron chi connectivity index (χ0n) is 30.4.